The fraction of sp³-hybridized carbons (Fsp3) is 0.838. The monoisotopic (exact) mass is 1800 g/mol. The van der Waals surface area contributed by atoms with E-state index in [0.29, 0.717) is 90.6 Å². The summed E-state index contributed by atoms with van der Waals surface area (Å²) in [6, 6.07) is 0. The average molecular weight is 1800 g/mol. The van der Waals surface area contributed by atoms with Crippen molar-refractivity contribution in [1.82, 2.24) is 0 Å². The number of hydrogen-bond donors (Lipinski definition) is 5. The van der Waals surface area contributed by atoms with Crippen LogP contribution in [0.3, 0.4) is 0 Å². The van der Waals surface area contributed by atoms with Crippen molar-refractivity contribution in [3.05, 3.63) is 60.8 Å². The number of ketones is 1. The van der Waals surface area contributed by atoms with Gasteiger partial charge in [0, 0.05) is 75.9 Å². The molecule has 635 valence electrons. The molecule has 0 amide bonds. The minimum atomic E-state index is -0.722. The maximum Gasteiger partial charge on any atom is 1.00 e. The summed E-state index contributed by atoms with van der Waals surface area (Å²) in [5, 5.41) is 45.4. The Morgan fingerprint density at radius 3 is 1.05 bits per heavy atom. The second-order valence-electron chi connectivity index (χ2n) is 30.0. The molecule has 111 heavy (non-hydrogen) atoms. The molecule has 0 aromatic rings. The fourth-order valence-electron chi connectivity index (χ4n) is 11.7. The number of alkyl halides is 5. The molecule has 0 unspecified atom stereocenters. The Morgan fingerprint density at radius 1 is 0.514 bits per heavy atom. The molecular weight excluding hydrogens is 1660 g/mol. The molecule has 6 fully saturated rings. The first-order valence-electron chi connectivity index (χ1n) is 40.4. The molecule has 0 bridgehead atoms. The largest absolute Gasteiger partial charge is 1.00 e. The Kier molecular flexibility index (Phi) is 73.4. The Balaban J connectivity index is -0.000000294. The van der Waals surface area contributed by atoms with E-state index in [0.717, 1.165) is 131 Å². The first kappa shape index (κ1) is 115. The average Bonchev–Trinajstić information content (AvgIpc) is 1.67. The van der Waals surface area contributed by atoms with Crippen molar-refractivity contribution in [2.24, 2.45) is 0 Å². The molecule has 18 nitrogen and oxygen atoms in total. The molecule has 24 atom stereocenters. The van der Waals surface area contributed by atoms with Gasteiger partial charge in [-0.3, -0.25) is 4.79 Å². The van der Waals surface area contributed by atoms with Crippen LogP contribution in [0.5, 0.6) is 0 Å². The molecule has 6 saturated heterocycles. The van der Waals surface area contributed by atoms with E-state index < -0.39 is 54.0 Å². The van der Waals surface area contributed by atoms with E-state index >= 15 is 0 Å². The Hall–Kier alpha value is 0.0647. The van der Waals surface area contributed by atoms with Crippen LogP contribution in [0.25, 0.3) is 0 Å². The van der Waals surface area contributed by atoms with Crippen LogP contribution in [0.2, 0.25) is 0 Å². The van der Waals surface area contributed by atoms with E-state index in [-0.39, 0.29) is 104 Å². The van der Waals surface area contributed by atoms with Gasteiger partial charge < -0.3 is 74.3 Å². The Labute approximate surface area is 742 Å². The van der Waals surface area contributed by atoms with Crippen molar-refractivity contribution < 1.29 is 118 Å². The summed E-state index contributed by atoms with van der Waals surface area (Å²) in [4.78, 5) is 35.0. The van der Waals surface area contributed by atoms with Crippen molar-refractivity contribution in [3.63, 3.8) is 0 Å². The van der Waals surface area contributed by atoms with Crippen LogP contribution >= 0.6 is 87.9 Å². The van der Waals surface area contributed by atoms with Crippen LogP contribution in [-0.4, -0.2) is 234 Å². The van der Waals surface area contributed by atoms with E-state index in [4.69, 9.17) is 108 Å². The third kappa shape index (κ3) is 62.8. The number of aliphatic hydroxyl groups is 5. The molecule has 6 rings (SSSR count). The molecule has 0 aromatic heterocycles. The summed E-state index contributed by atoms with van der Waals surface area (Å²) in [6.07, 6.45) is 35.9. The molecule has 6 heterocycles. The number of aliphatic hydroxyl groups excluding tert-OH is 5. The maximum atomic E-state index is 11.7. The Morgan fingerprint density at radius 2 is 0.793 bits per heavy atom. The van der Waals surface area contributed by atoms with E-state index in [1.807, 2.05) is 113 Å². The van der Waals surface area contributed by atoms with Crippen molar-refractivity contribution >= 4 is 141 Å². The number of hydrogen-bond acceptors (Lipinski definition) is 18. The van der Waals surface area contributed by atoms with E-state index in [1.54, 1.807) is 13.8 Å². The van der Waals surface area contributed by atoms with Gasteiger partial charge in [0.1, 0.15) is 29.2 Å². The number of carbonyl (C=O) groups excluding carboxylic acids is 3. The van der Waals surface area contributed by atoms with Gasteiger partial charge in [-0.25, -0.2) is 9.59 Å². The summed E-state index contributed by atoms with van der Waals surface area (Å²) < 4.78 is 68.4. The van der Waals surface area contributed by atoms with Gasteiger partial charge in [0.25, 0.3) is 0 Å². The predicted octanol–water partition coefficient (Wildman–Crippen LogP) is 15.1. The fourth-order valence-corrected chi connectivity index (χ4v) is 13.0. The minimum absolute atomic E-state index is 0. The third-order valence-electron chi connectivity index (χ3n) is 16.8. The second-order valence-corrected chi connectivity index (χ2v) is 34.6. The number of halogens is 5. The van der Waals surface area contributed by atoms with Crippen molar-refractivity contribution in [2.75, 3.05) is 0 Å². The van der Waals surface area contributed by atoms with E-state index in [1.165, 1.54) is 6.92 Å². The quantitative estimate of drug-likeness (QED) is 0.0194. The Bertz CT molecular complexity index is 2510. The first-order valence-corrected chi connectivity index (χ1v) is 44.3. The topological polar surface area (TPSA) is 245 Å². The zero-order valence-corrected chi connectivity index (χ0v) is 80.2. The molecule has 0 aromatic carbocycles. The zero-order valence-electron chi connectivity index (χ0n) is 74.1. The summed E-state index contributed by atoms with van der Waals surface area (Å²) in [7, 11) is 1.80. The van der Waals surface area contributed by atoms with Gasteiger partial charge in [-0.1, -0.05) is 141 Å². The van der Waals surface area contributed by atoms with Crippen molar-refractivity contribution in [3.8, 4) is 0 Å². The van der Waals surface area contributed by atoms with Crippen molar-refractivity contribution in [1.29, 1.82) is 2.67 Å². The van der Waals surface area contributed by atoms with Crippen molar-refractivity contribution in [2.45, 2.75) is 426 Å². The smallest absolute Gasteiger partial charge is 1.00 e. The van der Waals surface area contributed by atoms with E-state index in [9.17, 15) is 29.7 Å². The number of Topliss-reactive ketones (excluding diaryl/α,β-unsaturated/α-hetero) is 1. The predicted molar refractivity (Wildman–Crippen MR) is 474 cm³/mol. The minimum Gasteiger partial charge on any atom is -1.00 e. The molecule has 6 aliphatic heterocycles. The number of fused-ring (bicyclic) bond motifs is 2. The van der Waals surface area contributed by atoms with Crippen LogP contribution in [0.4, 0.5) is 9.59 Å². The molecule has 0 spiro atoms. The number of ether oxygens (including phenoxy) is 10. The summed E-state index contributed by atoms with van der Waals surface area (Å²) in [5.41, 5.74) is -1.06. The van der Waals surface area contributed by atoms with Gasteiger partial charge in [0.05, 0.1) is 120 Å². The molecular formula is C80H144B5Br2Cl3NaO18S2. The van der Waals surface area contributed by atoms with Crippen LogP contribution in [0.1, 0.15) is 275 Å². The van der Waals surface area contributed by atoms with Crippen LogP contribution in [0, 0.1) is 0 Å². The molecule has 5 N–H and O–H groups in total. The van der Waals surface area contributed by atoms with Crippen LogP contribution in [0.15, 0.2) is 60.8 Å². The normalized spacial score (nSPS) is 27.0. The third-order valence-corrected chi connectivity index (χ3v) is 20.7. The van der Waals surface area contributed by atoms with Crippen LogP contribution < -0.4 is 29.6 Å². The zero-order chi connectivity index (χ0) is 85.4. The molecule has 0 saturated carbocycles. The number of carbonyl (C=O) groups is 3. The summed E-state index contributed by atoms with van der Waals surface area (Å²) in [6.45, 7) is 50.1. The standard InChI is InChI=1S/2C15H26O4.2C10H17BrO2.2C10H19ClO2.C10H17ClO2.2B2HS.B.Na.H/c2*1-6-7-8-9-12-13(10-11(2)17-12)18-14(16)19-15(3,4)5;2*1-3-7(11)8-5-10-9(13-8)4-6(2)12-10;3*1-3-4-5-6-9(11)10(13)7-8(2)12;2*1-3-2;;;/h2*7-8,11-13H,6,9-10H2,1-5H3;2*6-10H,3-5H2,1-2H3;2*4-5,8-10,12-13H,3,6-7H2,1-2H3;4-5,9-10,13H,3,6-7H2,1-2H3;2*1H;;;/q;;;;;;;;;;+1;-1/b2*8-7-;;;3*5-4-;;;;;/t11-,12+,13+;11-,12-,13-;6-,7+,8+,9-,10-;6-,7-,8-,9+,10+;8-,9+,10-;8-,9-,10+;9-,10+;;;;;/m1001011...../s1/i;;;;;;;2*1D;;;. The summed E-state index contributed by atoms with van der Waals surface area (Å²) in [5.74, 6) is -0.0300. The number of allylic oxidation sites excluding steroid dienone is 8. The SMILES string of the molecule is CC/C=C\C[C@@H](Cl)[C@@H](O)CC(C)=O.CC/C=C\C[C@@H](Cl)[C@@H](O)C[C@@H](C)O.CC/C=C\C[C@@H](Cl)[C@@H](O)C[C@H](C)O.CC/C=C\C[C@@H]1O[C@@H](C)C[C@@H]1OC(=O)OC(C)(C)C.CC/C=C\C[C@@H]1O[C@H](C)C[C@@H]1OC(=O)OC(C)(C)C.CC[C@@H](Br)[C@H]1C[C@@H]2O[C@@H](C)C[C@@H]2O1.CC[C@@H](Br)[C@H]1C[C@@H]2O[C@H](C)C[C@@H]2O1.[2H]B=S=[B].[2H]B=S=[B].[B].[H-].[Na+]. The molecule has 5 radical (unpaired) electrons. The van der Waals surface area contributed by atoms with Crippen LogP contribution in [-0.2, 0) is 52.2 Å². The van der Waals surface area contributed by atoms with Gasteiger partial charge in [-0.05, 0) is 167 Å². The van der Waals surface area contributed by atoms with Gasteiger partial charge in [-0.2, -0.15) is 0 Å². The van der Waals surface area contributed by atoms with Gasteiger partial charge in [-0.15, -0.1) is 34.8 Å². The van der Waals surface area contributed by atoms with Gasteiger partial charge >= 0.3 is 92.6 Å². The first-order chi connectivity index (χ1) is 52.1. The molecule has 0 aliphatic carbocycles. The second kappa shape index (κ2) is 70.7. The number of rotatable bonds is 30. The molecule has 31 heteroatoms. The molecule has 6 aliphatic rings. The summed E-state index contributed by atoms with van der Waals surface area (Å²) >= 11 is 24.9. The van der Waals surface area contributed by atoms with Gasteiger partial charge in [0.15, 0.2) is 0 Å². The van der Waals surface area contributed by atoms with Gasteiger partial charge in [0.2, 0.25) is 0 Å². The van der Waals surface area contributed by atoms with E-state index in [2.05, 4.69) is 97.7 Å². The maximum absolute atomic E-state index is 11.7.